The lowest BCUT2D eigenvalue weighted by Crippen LogP contribution is -2.09. The monoisotopic (exact) mass is 154 g/mol. The standard InChI is InChI=1S/C9H18N2/c1-7(2)9(4)11-6-8(3)5-10/h5-10H,1-4H3. The molecule has 0 aromatic heterocycles. The molecule has 2 heteroatoms. The first kappa shape index (κ1) is 10.3. The Morgan fingerprint density at radius 1 is 1.18 bits per heavy atom. The van der Waals surface area contributed by atoms with Gasteiger partial charge in [0.2, 0.25) is 0 Å². The van der Waals surface area contributed by atoms with Gasteiger partial charge in [0.05, 0.1) is 0 Å². The second kappa shape index (κ2) is 5.05. The Morgan fingerprint density at radius 2 is 1.73 bits per heavy atom. The molecule has 0 saturated carbocycles. The molecule has 0 aromatic rings. The Bertz CT molecular complexity index is 138. The summed E-state index contributed by atoms with van der Waals surface area (Å²) in [5.74, 6) is 0.764. The molecule has 0 heterocycles. The topological polar surface area (TPSA) is 36.2 Å². The van der Waals surface area contributed by atoms with Gasteiger partial charge in [0.15, 0.2) is 0 Å². The molecule has 0 saturated heterocycles. The lowest BCUT2D eigenvalue weighted by atomic mass is 10.1. The highest BCUT2D eigenvalue weighted by Crippen LogP contribution is 2.04. The summed E-state index contributed by atoms with van der Waals surface area (Å²) in [5, 5.41) is 6.94. The van der Waals surface area contributed by atoms with Crippen molar-refractivity contribution in [3.63, 3.8) is 0 Å². The van der Waals surface area contributed by atoms with E-state index in [1.165, 1.54) is 6.21 Å². The Balaban J connectivity index is 3.81. The first-order valence-electron chi connectivity index (χ1n) is 4.11. The molecule has 0 amide bonds. The summed E-state index contributed by atoms with van der Waals surface area (Å²) in [6.07, 6.45) is 3.24. The molecule has 0 radical (unpaired) electrons. The van der Waals surface area contributed by atoms with Gasteiger partial charge in [-0.25, -0.2) is 0 Å². The number of aliphatic imine (C=N–C) groups is 1. The molecule has 2 atom stereocenters. The van der Waals surface area contributed by atoms with E-state index in [1.807, 2.05) is 13.1 Å². The van der Waals surface area contributed by atoms with Crippen molar-refractivity contribution in [3.8, 4) is 0 Å². The number of hydrogen-bond donors (Lipinski definition) is 1. The molecule has 11 heavy (non-hydrogen) atoms. The van der Waals surface area contributed by atoms with E-state index < -0.39 is 0 Å². The van der Waals surface area contributed by atoms with Crippen LogP contribution in [0.2, 0.25) is 0 Å². The van der Waals surface area contributed by atoms with Gasteiger partial charge in [-0.1, -0.05) is 20.8 Å². The van der Waals surface area contributed by atoms with Crippen molar-refractivity contribution in [2.45, 2.75) is 33.7 Å². The summed E-state index contributed by atoms with van der Waals surface area (Å²) in [7, 11) is 0. The summed E-state index contributed by atoms with van der Waals surface area (Å²) in [4.78, 5) is 4.32. The van der Waals surface area contributed by atoms with Gasteiger partial charge in [0.25, 0.3) is 0 Å². The van der Waals surface area contributed by atoms with Gasteiger partial charge in [-0.05, 0) is 12.8 Å². The van der Waals surface area contributed by atoms with E-state index >= 15 is 0 Å². The Morgan fingerprint density at radius 3 is 2.09 bits per heavy atom. The minimum atomic E-state index is 0.177. The molecule has 0 aromatic carbocycles. The van der Waals surface area contributed by atoms with Crippen LogP contribution in [-0.4, -0.2) is 18.5 Å². The van der Waals surface area contributed by atoms with Crippen LogP contribution in [0, 0.1) is 17.2 Å². The summed E-state index contributed by atoms with van der Waals surface area (Å²) >= 11 is 0. The van der Waals surface area contributed by atoms with Gasteiger partial charge in [-0.2, -0.15) is 0 Å². The summed E-state index contributed by atoms with van der Waals surface area (Å²) in [6, 6.07) is 0.373. The van der Waals surface area contributed by atoms with Crippen molar-refractivity contribution in [2.75, 3.05) is 0 Å². The zero-order valence-corrected chi connectivity index (χ0v) is 7.83. The Hall–Kier alpha value is -0.660. The van der Waals surface area contributed by atoms with Crippen molar-refractivity contribution in [3.05, 3.63) is 0 Å². The van der Waals surface area contributed by atoms with E-state index in [4.69, 9.17) is 5.41 Å². The summed E-state index contributed by atoms with van der Waals surface area (Å²) in [5.41, 5.74) is 0. The molecule has 0 rings (SSSR count). The number of rotatable bonds is 4. The molecular weight excluding hydrogens is 136 g/mol. The van der Waals surface area contributed by atoms with Crippen LogP contribution in [0.5, 0.6) is 0 Å². The second-order valence-corrected chi connectivity index (χ2v) is 3.31. The van der Waals surface area contributed by atoms with E-state index in [9.17, 15) is 0 Å². The molecule has 0 bridgehead atoms. The highest BCUT2D eigenvalue weighted by molar-refractivity contribution is 5.81. The zero-order chi connectivity index (χ0) is 8.85. The van der Waals surface area contributed by atoms with Crippen LogP contribution in [0.15, 0.2) is 4.99 Å². The molecule has 0 aliphatic heterocycles. The normalized spacial score (nSPS) is 17.2. The molecule has 2 unspecified atom stereocenters. The predicted molar refractivity (Wildman–Crippen MR) is 50.7 cm³/mol. The maximum absolute atomic E-state index is 6.94. The summed E-state index contributed by atoms with van der Waals surface area (Å²) in [6.45, 7) is 8.36. The van der Waals surface area contributed by atoms with Gasteiger partial charge in [0.1, 0.15) is 0 Å². The largest absolute Gasteiger partial charge is 0.312 e. The quantitative estimate of drug-likeness (QED) is 0.604. The van der Waals surface area contributed by atoms with Crippen molar-refractivity contribution < 1.29 is 0 Å². The first-order valence-corrected chi connectivity index (χ1v) is 4.11. The number of nitrogens with one attached hydrogen (secondary N) is 1. The SMILES string of the molecule is CC(C=N)C=NC(C)C(C)C. The molecule has 64 valence electrons. The third-order valence-corrected chi connectivity index (χ3v) is 1.78. The minimum Gasteiger partial charge on any atom is -0.312 e. The predicted octanol–water partition coefficient (Wildman–Crippen LogP) is 2.39. The highest BCUT2D eigenvalue weighted by atomic mass is 14.8. The first-order chi connectivity index (χ1) is 5.07. The van der Waals surface area contributed by atoms with Crippen LogP contribution in [0.1, 0.15) is 27.7 Å². The van der Waals surface area contributed by atoms with Crippen LogP contribution in [-0.2, 0) is 0 Å². The van der Waals surface area contributed by atoms with Crippen LogP contribution < -0.4 is 0 Å². The van der Waals surface area contributed by atoms with Crippen molar-refractivity contribution in [2.24, 2.45) is 16.8 Å². The van der Waals surface area contributed by atoms with E-state index in [0.29, 0.717) is 12.0 Å². The third-order valence-electron chi connectivity index (χ3n) is 1.78. The average Bonchev–Trinajstić information content (AvgIpc) is 1.99. The fourth-order valence-electron chi connectivity index (χ4n) is 0.487. The van der Waals surface area contributed by atoms with Crippen LogP contribution in [0.4, 0.5) is 0 Å². The fourth-order valence-corrected chi connectivity index (χ4v) is 0.487. The number of nitrogens with zero attached hydrogens (tertiary/aromatic N) is 1. The van der Waals surface area contributed by atoms with Gasteiger partial charge in [0, 0.05) is 24.4 Å². The Kier molecular flexibility index (Phi) is 4.75. The summed E-state index contributed by atoms with van der Waals surface area (Å²) < 4.78 is 0. The van der Waals surface area contributed by atoms with Crippen LogP contribution in [0.25, 0.3) is 0 Å². The van der Waals surface area contributed by atoms with Gasteiger partial charge >= 0.3 is 0 Å². The minimum absolute atomic E-state index is 0.177. The molecule has 0 fully saturated rings. The van der Waals surface area contributed by atoms with E-state index in [-0.39, 0.29) is 5.92 Å². The van der Waals surface area contributed by atoms with Gasteiger partial charge < -0.3 is 5.41 Å². The molecule has 0 spiro atoms. The van der Waals surface area contributed by atoms with Gasteiger partial charge in [-0.15, -0.1) is 0 Å². The van der Waals surface area contributed by atoms with Crippen LogP contribution >= 0.6 is 0 Å². The van der Waals surface area contributed by atoms with Crippen molar-refractivity contribution in [1.29, 1.82) is 5.41 Å². The van der Waals surface area contributed by atoms with Crippen molar-refractivity contribution >= 4 is 12.4 Å². The average molecular weight is 154 g/mol. The fraction of sp³-hybridized carbons (Fsp3) is 0.778. The molecular formula is C9H18N2. The van der Waals surface area contributed by atoms with E-state index in [1.54, 1.807) is 0 Å². The van der Waals surface area contributed by atoms with E-state index in [2.05, 4.69) is 25.8 Å². The molecule has 0 aliphatic rings. The third kappa shape index (κ3) is 4.71. The van der Waals surface area contributed by atoms with Crippen LogP contribution in [0.3, 0.4) is 0 Å². The smallest absolute Gasteiger partial charge is 0.0490 e. The maximum Gasteiger partial charge on any atom is 0.0490 e. The maximum atomic E-state index is 6.94. The highest BCUT2D eigenvalue weighted by Gasteiger charge is 2.02. The van der Waals surface area contributed by atoms with E-state index in [0.717, 1.165) is 0 Å². The lowest BCUT2D eigenvalue weighted by Gasteiger charge is -2.09. The van der Waals surface area contributed by atoms with Crippen molar-refractivity contribution in [1.82, 2.24) is 0 Å². The Labute approximate surface area is 69.2 Å². The number of hydrogen-bond acceptors (Lipinski definition) is 2. The van der Waals surface area contributed by atoms with Gasteiger partial charge in [-0.3, -0.25) is 4.99 Å². The second-order valence-electron chi connectivity index (χ2n) is 3.31. The molecule has 1 N–H and O–H groups in total. The lowest BCUT2D eigenvalue weighted by molar-refractivity contribution is 0.531. The molecule has 0 aliphatic carbocycles. The molecule has 2 nitrogen and oxygen atoms in total. The zero-order valence-electron chi connectivity index (χ0n) is 7.83.